The molecule has 0 heterocycles. The Kier molecular flexibility index (Phi) is 11.2. The normalized spacial score (nSPS) is 14.2. The first-order valence-electron chi connectivity index (χ1n) is 13.5. The number of carboxylic acid groups (broad SMARTS) is 1. The molecule has 0 radical (unpaired) electrons. The van der Waals surface area contributed by atoms with E-state index in [1.165, 1.54) is 50.3 Å². The number of carboxylic acids is 1. The molecule has 0 aliphatic heterocycles. The predicted octanol–water partition coefficient (Wildman–Crippen LogP) is 7.48. The third kappa shape index (κ3) is 9.29. The number of carbonyl (C=O) groups excluding carboxylic acids is 1. The Morgan fingerprint density at radius 1 is 1.03 bits per heavy atom. The van der Waals surface area contributed by atoms with E-state index in [1.54, 1.807) is 21.0 Å². The highest BCUT2D eigenvalue weighted by atomic mass is 32.2. The summed E-state index contributed by atoms with van der Waals surface area (Å²) in [5, 5.41) is 12.4. The van der Waals surface area contributed by atoms with Crippen molar-refractivity contribution in [1.29, 1.82) is 0 Å². The fourth-order valence-electron chi connectivity index (χ4n) is 4.80. The number of nitrogens with zero attached hydrogens (tertiary/aromatic N) is 1. The van der Waals surface area contributed by atoms with Gasteiger partial charge in [0.05, 0.1) is 12.8 Å². The number of hydrogen-bond donors (Lipinski definition) is 2. The van der Waals surface area contributed by atoms with Crippen LogP contribution in [0.2, 0.25) is 0 Å². The molecule has 0 spiro atoms. The minimum atomic E-state index is -0.882. The van der Waals surface area contributed by atoms with Crippen molar-refractivity contribution in [3.8, 4) is 5.75 Å². The molecule has 2 N–H and O–H groups in total. The molecule has 7 heteroatoms. The van der Waals surface area contributed by atoms with Crippen LogP contribution in [0.5, 0.6) is 5.75 Å². The van der Waals surface area contributed by atoms with Gasteiger partial charge in [0, 0.05) is 18.0 Å². The van der Waals surface area contributed by atoms with Gasteiger partial charge in [0.1, 0.15) is 10.5 Å². The number of para-hydroxylation sites is 2. The molecule has 202 valence electrons. The Balaban J connectivity index is 1.59. The van der Waals surface area contributed by atoms with Gasteiger partial charge in [-0.15, -0.1) is 11.8 Å². The monoisotopic (exact) mass is 526 g/mol. The topological polar surface area (TPSA) is 78.9 Å². The Bertz CT molecular complexity index is 1000. The molecule has 1 aliphatic carbocycles. The lowest BCUT2D eigenvalue weighted by Crippen LogP contribution is -2.37. The Hall–Kier alpha value is -2.67. The lowest BCUT2D eigenvalue weighted by molar-refractivity contribution is -0.138. The molecule has 0 bridgehead atoms. The minimum Gasteiger partial charge on any atom is -0.495 e. The number of hydrogen-bond acceptors (Lipinski definition) is 4. The number of anilines is 1. The number of benzene rings is 2. The van der Waals surface area contributed by atoms with Crippen molar-refractivity contribution < 1.29 is 19.4 Å². The van der Waals surface area contributed by atoms with Crippen molar-refractivity contribution in [2.45, 2.75) is 81.3 Å². The van der Waals surface area contributed by atoms with E-state index < -0.39 is 10.7 Å². The van der Waals surface area contributed by atoms with E-state index in [1.807, 2.05) is 53.4 Å². The summed E-state index contributed by atoms with van der Waals surface area (Å²) in [5.74, 6) is 0.666. The van der Waals surface area contributed by atoms with E-state index in [0.29, 0.717) is 24.5 Å². The summed E-state index contributed by atoms with van der Waals surface area (Å²) in [6.45, 7) is 4.74. The van der Waals surface area contributed by atoms with Crippen LogP contribution in [0.15, 0.2) is 53.4 Å². The van der Waals surface area contributed by atoms with Crippen LogP contribution in [-0.2, 0) is 11.2 Å². The highest BCUT2D eigenvalue weighted by Crippen LogP contribution is 2.33. The van der Waals surface area contributed by atoms with Crippen molar-refractivity contribution in [2.75, 3.05) is 25.5 Å². The van der Waals surface area contributed by atoms with Crippen LogP contribution in [0.3, 0.4) is 0 Å². The number of thioether (sulfide) groups is 1. The molecule has 0 saturated heterocycles. The first-order valence-corrected chi connectivity index (χ1v) is 14.3. The highest BCUT2D eigenvalue weighted by molar-refractivity contribution is 8.01. The number of carbonyl (C=O) groups is 2. The first kappa shape index (κ1) is 28.9. The molecule has 1 aliphatic rings. The summed E-state index contributed by atoms with van der Waals surface area (Å²) in [7, 11) is 1.60. The van der Waals surface area contributed by atoms with E-state index in [0.717, 1.165) is 35.6 Å². The summed E-state index contributed by atoms with van der Waals surface area (Å²) in [6, 6.07) is 15.3. The van der Waals surface area contributed by atoms with E-state index in [2.05, 4.69) is 5.32 Å². The third-order valence-corrected chi connectivity index (χ3v) is 8.33. The average molecular weight is 527 g/mol. The van der Waals surface area contributed by atoms with E-state index in [9.17, 15) is 14.7 Å². The summed E-state index contributed by atoms with van der Waals surface area (Å²) in [4.78, 5) is 27.5. The SMILES string of the molecule is COc1ccccc1NC(=O)N(CCCCC1CCCCC1)CCc1ccc(SC(C)(C)C(=O)O)cc1. The molecule has 1 saturated carbocycles. The number of amides is 2. The molecule has 2 aromatic carbocycles. The molecule has 3 rings (SSSR count). The lowest BCUT2D eigenvalue weighted by Gasteiger charge is -2.25. The van der Waals surface area contributed by atoms with Gasteiger partial charge in [-0.3, -0.25) is 4.79 Å². The first-order chi connectivity index (χ1) is 17.8. The third-order valence-electron chi connectivity index (χ3n) is 7.13. The molecule has 0 atom stereocenters. The van der Waals surface area contributed by atoms with Gasteiger partial charge < -0.3 is 20.1 Å². The number of aliphatic carboxylic acids is 1. The van der Waals surface area contributed by atoms with Gasteiger partial charge in [0.15, 0.2) is 0 Å². The molecule has 0 unspecified atom stereocenters. The van der Waals surface area contributed by atoms with E-state index in [4.69, 9.17) is 4.74 Å². The Morgan fingerprint density at radius 2 is 1.73 bits per heavy atom. The molecule has 0 aromatic heterocycles. The van der Waals surface area contributed by atoms with Crippen LogP contribution in [0, 0.1) is 5.92 Å². The number of unbranched alkanes of at least 4 members (excludes halogenated alkanes) is 1. The maximum absolute atomic E-state index is 13.3. The fraction of sp³-hybridized carbons (Fsp3) is 0.533. The zero-order valence-corrected chi connectivity index (χ0v) is 23.3. The van der Waals surface area contributed by atoms with Gasteiger partial charge in [-0.05, 0) is 62.4 Å². The maximum Gasteiger partial charge on any atom is 0.321 e. The van der Waals surface area contributed by atoms with E-state index in [-0.39, 0.29) is 6.03 Å². The van der Waals surface area contributed by atoms with Crippen molar-refractivity contribution in [3.05, 3.63) is 54.1 Å². The van der Waals surface area contributed by atoms with Gasteiger partial charge in [-0.1, -0.05) is 69.2 Å². The fourth-order valence-corrected chi connectivity index (χ4v) is 5.74. The van der Waals surface area contributed by atoms with Crippen LogP contribution in [0.1, 0.15) is 70.8 Å². The average Bonchev–Trinajstić information content (AvgIpc) is 2.89. The number of rotatable bonds is 13. The van der Waals surface area contributed by atoms with Gasteiger partial charge in [-0.2, -0.15) is 0 Å². The molecule has 1 fully saturated rings. The number of methoxy groups -OCH3 is 1. The molecule has 2 aromatic rings. The summed E-state index contributed by atoms with van der Waals surface area (Å²) >= 11 is 1.34. The van der Waals surface area contributed by atoms with Crippen LogP contribution in [-0.4, -0.2) is 47.0 Å². The smallest absolute Gasteiger partial charge is 0.321 e. The Labute approximate surface area is 226 Å². The number of nitrogens with one attached hydrogen (secondary N) is 1. The molecular formula is C30H42N2O4S. The molecule has 2 amide bonds. The van der Waals surface area contributed by atoms with Gasteiger partial charge in [-0.25, -0.2) is 4.79 Å². The second-order valence-electron chi connectivity index (χ2n) is 10.4. The van der Waals surface area contributed by atoms with Crippen molar-refractivity contribution in [3.63, 3.8) is 0 Å². The highest BCUT2D eigenvalue weighted by Gasteiger charge is 2.28. The largest absolute Gasteiger partial charge is 0.495 e. The zero-order valence-electron chi connectivity index (χ0n) is 22.5. The summed E-state index contributed by atoms with van der Waals surface area (Å²) in [6.07, 6.45) is 11.0. The van der Waals surface area contributed by atoms with Crippen molar-refractivity contribution >= 4 is 29.4 Å². The summed E-state index contributed by atoms with van der Waals surface area (Å²) in [5.41, 5.74) is 1.79. The predicted molar refractivity (Wildman–Crippen MR) is 152 cm³/mol. The van der Waals surface area contributed by atoms with Crippen molar-refractivity contribution in [1.82, 2.24) is 4.90 Å². The van der Waals surface area contributed by atoms with E-state index >= 15 is 0 Å². The van der Waals surface area contributed by atoms with Crippen molar-refractivity contribution in [2.24, 2.45) is 5.92 Å². The standard InChI is InChI=1S/C30H42N2O4S/c1-30(2,28(33)34)37-25-18-16-24(17-19-25)20-22-32(21-10-9-13-23-11-5-4-6-12-23)29(35)31-26-14-7-8-15-27(26)36-3/h7-8,14-19,23H,4-6,9-13,20-22H2,1-3H3,(H,31,35)(H,33,34). The minimum absolute atomic E-state index is 0.113. The second kappa shape index (κ2) is 14.3. The summed E-state index contributed by atoms with van der Waals surface area (Å²) < 4.78 is 4.53. The second-order valence-corrected chi connectivity index (χ2v) is 12.1. The number of urea groups is 1. The Morgan fingerprint density at radius 3 is 2.41 bits per heavy atom. The lowest BCUT2D eigenvalue weighted by atomic mass is 9.86. The van der Waals surface area contributed by atoms with Gasteiger partial charge >= 0.3 is 12.0 Å². The van der Waals surface area contributed by atoms with Crippen LogP contribution in [0.25, 0.3) is 0 Å². The van der Waals surface area contributed by atoms with Gasteiger partial charge in [0.2, 0.25) is 0 Å². The zero-order chi connectivity index (χ0) is 26.7. The van der Waals surface area contributed by atoms with Crippen LogP contribution < -0.4 is 10.1 Å². The van der Waals surface area contributed by atoms with Crippen LogP contribution >= 0.6 is 11.8 Å². The quantitative estimate of drug-likeness (QED) is 0.209. The van der Waals surface area contributed by atoms with Gasteiger partial charge in [0.25, 0.3) is 0 Å². The number of ether oxygens (including phenoxy) is 1. The maximum atomic E-state index is 13.3. The van der Waals surface area contributed by atoms with Crippen LogP contribution in [0.4, 0.5) is 10.5 Å². The molecular weight excluding hydrogens is 484 g/mol. The molecule has 6 nitrogen and oxygen atoms in total. The molecule has 37 heavy (non-hydrogen) atoms.